The van der Waals surface area contributed by atoms with Crippen molar-refractivity contribution in [2.24, 2.45) is 0 Å². The second-order valence-corrected chi connectivity index (χ2v) is 8.34. The second kappa shape index (κ2) is 8.90. The quantitative estimate of drug-likeness (QED) is 0.408. The summed E-state index contributed by atoms with van der Waals surface area (Å²) in [6, 6.07) is 9.73. The predicted octanol–water partition coefficient (Wildman–Crippen LogP) is 2.35. The van der Waals surface area contributed by atoms with Crippen LogP contribution in [0.5, 0.6) is 17.2 Å². The second-order valence-electron chi connectivity index (χ2n) is 8.34. The number of carbonyl (C=O) groups excluding carboxylic acids is 2. The van der Waals surface area contributed by atoms with Crippen molar-refractivity contribution in [1.29, 1.82) is 0 Å². The fraction of sp³-hybridized carbons (Fsp3) is 0.360. The lowest BCUT2D eigenvalue weighted by Gasteiger charge is -2.28. The maximum atomic E-state index is 13.2. The molecule has 3 heterocycles. The number of amides is 1. The molecule has 2 aromatic rings. The molecule has 1 N–H and O–H groups in total. The van der Waals surface area contributed by atoms with Gasteiger partial charge in [-0.3, -0.25) is 9.59 Å². The topological polar surface area (TPSA) is 97.8 Å². The molecule has 3 aliphatic heterocycles. The molecule has 1 fully saturated rings. The average Bonchev–Trinajstić information content (AvgIpc) is 3.11. The number of Topliss-reactive ketones (excluding diaryl/α,β-unsaturated/α-hetero) is 1. The highest BCUT2D eigenvalue weighted by Gasteiger charge is 2.46. The van der Waals surface area contributed by atoms with Crippen LogP contribution in [0.15, 0.2) is 42.0 Å². The lowest BCUT2D eigenvalue weighted by Crippen LogP contribution is -2.32. The van der Waals surface area contributed by atoms with Gasteiger partial charge in [-0.1, -0.05) is 6.07 Å². The molecule has 178 valence electrons. The maximum absolute atomic E-state index is 13.2. The summed E-state index contributed by atoms with van der Waals surface area (Å²) in [4.78, 5) is 29.6. The first-order valence-electron chi connectivity index (χ1n) is 11.1. The Morgan fingerprint density at radius 1 is 1.03 bits per heavy atom. The molecule has 0 aromatic heterocycles. The van der Waals surface area contributed by atoms with Crippen LogP contribution in [0.1, 0.15) is 17.2 Å². The smallest absolute Gasteiger partial charge is 0.295 e. The number of methoxy groups -OCH3 is 1. The maximum Gasteiger partial charge on any atom is 0.295 e. The summed E-state index contributed by atoms with van der Waals surface area (Å²) in [6.07, 6.45) is 0. The normalized spacial score (nSPS) is 20.8. The number of anilines is 1. The van der Waals surface area contributed by atoms with Gasteiger partial charge in [-0.05, 0) is 35.9 Å². The number of aliphatic hydroxyl groups is 1. The molecule has 0 saturated carbocycles. The highest BCUT2D eigenvalue weighted by Crippen LogP contribution is 2.43. The SMILES string of the molecule is COCCN1C(=O)C(=O)/C(=C(\O)c2ccc3c(c2)N(C)CCO3)C1c1ccc2c(c1)OCCO2. The summed E-state index contributed by atoms with van der Waals surface area (Å²) in [7, 11) is 3.46. The van der Waals surface area contributed by atoms with Crippen LogP contribution in [0.25, 0.3) is 5.76 Å². The van der Waals surface area contributed by atoms with Gasteiger partial charge in [0.05, 0.1) is 30.5 Å². The van der Waals surface area contributed by atoms with E-state index in [4.69, 9.17) is 18.9 Å². The summed E-state index contributed by atoms with van der Waals surface area (Å²) >= 11 is 0. The van der Waals surface area contributed by atoms with Gasteiger partial charge < -0.3 is 33.9 Å². The van der Waals surface area contributed by atoms with Crippen molar-refractivity contribution in [3.8, 4) is 17.2 Å². The Hall–Kier alpha value is -3.72. The van der Waals surface area contributed by atoms with Gasteiger partial charge in [-0.15, -0.1) is 0 Å². The van der Waals surface area contributed by atoms with E-state index >= 15 is 0 Å². The van der Waals surface area contributed by atoms with Crippen LogP contribution in [-0.2, 0) is 14.3 Å². The summed E-state index contributed by atoms with van der Waals surface area (Å²) in [5, 5.41) is 11.3. The van der Waals surface area contributed by atoms with Crippen molar-refractivity contribution in [1.82, 2.24) is 4.90 Å². The van der Waals surface area contributed by atoms with Crippen LogP contribution in [0.2, 0.25) is 0 Å². The van der Waals surface area contributed by atoms with E-state index in [1.165, 1.54) is 12.0 Å². The molecule has 0 aliphatic carbocycles. The molecule has 1 unspecified atom stereocenters. The summed E-state index contributed by atoms with van der Waals surface area (Å²) in [5.74, 6) is 0.178. The largest absolute Gasteiger partial charge is 0.507 e. The van der Waals surface area contributed by atoms with Crippen LogP contribution in [0.4, 0.5) is 5.69 Å². The molecule has 9 nitrogen and oxygen atoms in total. The van der Waals surface area contributed by atoms with Crippen LogP contribution in [0.3, 0.4) is 0 Å². The number of hydrogen-bond donors (Lipinski definition) is 1. The summed E-state index contributed by atoms with van der Waals surface area (Å²) < 4.78 is 22.2. The zero-order valence-electron chi connectivity index (χ0n) is 19.1. The number of carbonyl (C=O) groups is 2. The van der Waals surface area contributed by atoms with Crippen molar-refractivity contribution in [3.63, 3.8) is 0 Å². The monoisotopic (exact) mass is 466 g/mol. The van der Waals surface area contributed by atoms with Crippen LogP contribution >= 0.6 is 0 Å². The molecule has 1 atom stereocenters. The van der Waals surface area contributed by atoms with E-state index in [2.05, 4.69) is 0 Å². The first-order chi connectivity index (χ1) is 16.5. The predicted molar refractivity (Wildman–Crippen MR) is 124 cm³/mol. The zero-order valence-corrected chi connectivity index (χ0v) is 19.1. The number of likely N-dealkylation sites (N-methyl/N-ethyl adjacent to an activating group) is 1. The number of benzene rings is 2. The molecule has 1 amide bonds. The van der Waals surface area contributed by atoms with Crippen LogP contribution < -0.4 is 19.1 Å². The third-order valence-electron chi connectivity index (χ3n) is 6.29. The first kappa shape index (κ1) is 22.1. The fourth-order valence-corrected chi connectivity index (χ4v) is 4.53. The Bertz CT molecular complexity index is 1180. The van der Waals surface area contributed by atoms with Gasteiger partial charge in [0.2, 0.25) is 0 Å². The molecule has 2 aromatic carbocycles. The van der Waals surface area contributed by atoms with E-state index in [1.54, 1.807) is 36.4 Å². The van der Waals surface area contributed by atoms with Gasteiger partial charge in [0, 0.05) is 26.3 Å². The molecular formula is C25H26N2O7. The lowest BCUT2D eigenvalue weighted by atomic mass is 9.94. The molecular weight excluding hydrogens is 440 g/mol. The first-order valence-corrected chi connectivity index (χ1v) is 11.1. The number of fused-ring (bicyclic) bond motifs is 2. The van der Waals surface area contributed by atoms with Crippen molar-refractivity contribution in [3.05, 3.63) is 53.1 Å². The van der Waals surface area contributed by atoms with Crippen molar-refractivity contribution in [2.75, 3.05) is 58.6 Å². The number of nitrogens with zero attached hydrogens (tertiary/aromatic N) is 2. The Morgan fingerprint density at radius 2 is 1.76 bits per heavy atom. The number of aliphatic hydroxyl groups excluding tert-OH is 1. The van der Waals surface area contributed by atoms with E-state index in [0.29, 0.717) is 54.7 Å². The molecule has 1 saturated heterocycles. The number of ketones is 1. The van der Waals surface area contributed by atoms with Crippen LogP contribution in [0, 0.1) is 0 Å². The standard InChI is InChI=1S/C25H26N2O7/c1-26-7-10-32-18-5-4-16(13-17(18)26)23(28)21-22(27(8-9-31-2)25(30)24(21)29)15-3-6-19-20(14-15)34-12-11-33-19/h3-6,13-14,22,28H,7-12H2,1-2H3/b23-21-. The highest BCUT2D eigenvalue weighted by molar-refractivity contribution is 6.46. The number of hydrogen-bond acceptors (Lipinski definition) is 8. The third-order valence-corrected chi connectivity index (χ3v) is 6.29. The fourth-order valence-electron chi connectivity index (χ4n) is 4.53. The molecule has 0 radical (unpaired) electrons. The minimum absolute atomic E-state index is 0.0251. The van der Waals surface area contributed by atoms with Crippen molar-refractivity contribution < 1.29 is 33.6 Å². The van der Waals surface area contributed by atoms with Crippen molar-refractivity contribution in [2.45, 2.75) is 6.04 Å². The molecule has 5 rings (SSSR count). The van der Waals surface area contributed by atoms with Gasteiger partial charge in [0.1, 0.15) is 31.3 Å². The molecule has 0 bridgehead atoms. The molecule has 3 aliphatic rings. The third kappa shape index (κ3) is 3.71. The highest BCUT2D eigenvalue weighted by atomic mass is 16.6. The number of rotatable bonds is 5. The van der Waals surface area contributed by atoms with Gasteiger partial charge in [-0.25, -0.2) is 0 Å². The number of ether oxygens (including phenoxy) is 4. The lowest BCUT2D eigenvalue weighted by molar-refractivity contribution is -0.140. The van der Waals surface area contributed by atoms with Gasteiger partial charge in [0.25, 0.3) is 11.7 Å². The number of likely N-dealkylation sites (tertiary alicyclic amines) is 1. The van der Waals surface area contributed by atoms with Crippen molar-refractivity contribution >= 4 is 23.1 Å². The van der Waals surface area contributed by atoms with Gasteiger partial charge >= 0.3 is 0 Å². The van der Waals surface area contributed by atoms with E-state index in [1.807, 2.05) is 11.9 Å². The molecule has 34 heavy (non-hydrogen) atoms. The Labute approximate surface area is 197 Å². The van der Waals surface area contributed by atoms with Crippen LogP contribution in [-0.4, -0.2) is 75.4 Å². The summed E-state index contributed by atoms with van der Waals surface area (Å²) in [5.41, 5.74) is 1.90. The molecule has 0 spiro atoms. The zero-order chi connectivity index (χ0) is 23.8. The van der Waals surface area contributed by atoms with Gasteiger partial charge in [-0.2, -0.15) is 0 Å². The summed E-state index contributed by atoms with van der Waals surface area (Å²) in [6.45, 7) is 2.58. The van der Waals surface area contributed by atoms with E-state index < -0.39 is 17.7 Å². The molecule has 9 heteroatoms. The minimum atomic E-state index is -0.795. The minimum Gasteiger partial charge on any atom is -0.507 e. The Kier molecular flexibility index (Phi) is 5.79. The van der Waals surface area contributed by atoms with E-state index in [0.717, 1.165) is 5.69 Å². The van der Waals surface area contributed by atoms with Gasteiger partial charge in [0.15, 0.2) is 11.5 Å². The average molecular weight is 466 g/mol. The Morgan fingerprint density at radius 3 is 2.56 bits per heavy atom. The Balaban J connectivity index is 1.63. The van der Waals surface area contributed by atoms with E-state index in [-0.39, 0.29) is 24.5 Å². The van der Waals surface area contributed by atoms with E-state index in [9.17, 15) is 14.7 Å².